The van der Waals surface area contributed by atoms with E-state index in [9.17, 15) is 0 Å². The number of rotatable bonds is 4. The van der Waals surface area contributed by atoms with Crippen molar-refractivity contribution in [3.8, 4) is 0 Å². The van der Waals surface area contributed by atoms with Gasteiger partial charge in [0, 0.05) is 10.9 Å². The molecule has 2 rings (SSSR count). The van der Waals surface area contributed by atoms with Gasteiger partial charge in [-0.3, -0.25) is 0 Å². The van der Waals surface area contributed by atoms with Gasteiger partial charge in [-0.05, 0) is 43.0 Å². The summed E-state index contributed by atoms with van der Waals surface area (Å²) in [6.45, 7) is 2.16. The molecule has 0 fully saturated rings. The predicted molar refractivity (Wildman–Crippen MR) is 71.0 cm³/mol. The third kappa shape index (κ3) is 2.71. The lowest BCUT2D eigenvalue weighted by atomic mass is 10.0. The van der Waals surface area contributed by atoms with Gasteiger partial charge in [-0.15, -0.1) is 11.3 Å². The summed E-state index contributed by atoms with van der Waals surface area (Å²) >= 11 is 1.82. The number of aryl methyl sites for hydroxylation is 1. The summed E-state index contributed by atoms with van der Waals surface area (Å²) in [5.74, 6) is 0. The molecular formula is C14H17NS. The fourth-order valence-electron chi connectivity index (χ4n) is 1.88. The van der Waals surface area contributed by atoms with Crippen LogP contribution in [0.1, 0.15) is 22.0 Å². The van der Waals surface area contributed by atoms with E-state index in [2.05, 4.69) is 54.0 Å². The summed E-state index contributed by atoms with van der Waals surface area (Å²) in [5, 5.41) is 5.64. The second-order valence-corrected chi connectivity index (χ2v) is 5.14. The third-order valence-electron chi connectivity index (χ3n) is 2.78. The highest BCUT2D eigenvalue weighted by Gasteiger charge is 2.10. The summed E-state index contributed by atoms with van der Waals surface area (Å²) in [6.07, 6.45) is 1.05. The Bertz CT molecular complexity index is 433. The lowest BCUT2D eigenvalue weighted by molar-refractivity contribution is 0.594. The highest BCUT2D eigenvalue weighted by Crippen LogP contribution is 2.23. The topological polar surface area (TPSA) is 12.0 Å². The Morgan fingerprint density at radius 2 is 2.00 bits per heavy atom. The predicted octanol–water partition coefficient (Wildman–Crippen LogP) is 3.56. The Morgan fingerprint density at radius 1 is 1.25 bits per heavy atom. The molecule has 0 aliphatic carbocycles. The minimum atomic E-state index is 0.423. The van der Waals surface area contributed by atoms with Crippen molar-refractivity contribution in [1.82, 2.24) is 5.32 Å². The Hall–Kier alpha value is -1.12. The molecular weight excluding hydrogens is 214 g/mol. The maximum Gasteiger partial charge on any atom is 0.0366 e. The standard InChI is InChI=1S/C14H17NS/c1-11-8-13(10-16-11)14(15-2)9-12-6-4-3-5-7-12/h3-8,10,14-15H,9H2,1-2H3. The van der Waals surface area contributed by atoms with E-state index in [0.717, 1.165) is 6.42 Å². The van der Waals surface area contributed by atoms with E-state index in [1.54, 1.807) is 0 Å². The summed E-state index contributed by atoms with van der Waals surface area (Å²) in [6, 6.07) is 13.3. The van der Waals surface area contributed by atoms with Crippen LogP contribution in [0.3, 0.4) is 0 Å². The van der Waals surface area contributed by atoms with Gasteiger partial charge in [-0.2, -0.15) is 0 Å². The van der Waals surface area contributed by atoms with Crippen molar-refractivity contribution in [3.05, 3.63) is 57.8 Å². The van der Waals surface area contributed by atoms with E-state index in [0.29, 0.717) is 6.04 Å². The molecule has 2 aromatic rings. The van der Waals surface area contributed by atoms with Crippen LogP contribution in [0.5, 0.6) is 0 Å². The van der Waals surface area contributed by atoms with Gasteiger partial charge < -0.3 is 5.32 Å². The molecule has 0 saturated carbocycles. The maximum atomic E-state index is 3.39. The van der Waals surface area contributed by atoms with Gasteiger partial charge in [-0.25, -0.2) is 0 Å². The zero-order chi connectivity index (χ0) is 11.4. The molecule has 1 N–H and O–H groups in total. The molecule has 2 heteroatoms. The van der Waals surface area contributed by atoms with E-state index < -0.39 is 0 Å². The molecule has 1 heterocycles. The second kappa shape index (κ2) is 5.28. The zero-order valence-electron chi connectivity index (χ0n) is 9.73. The van der Waals surface area contributed by atoms with E-state index in [1.807, 2.05) is 18.4 Å². The van der Waals surface area contributed by atoms with Crippen LogP contribution in [0.2, 0.25) is 0 Å². The van der Waals surface area contributed by atoms with Crippen molar-refractivity contribution in [2.24, 2.45) is 0 Å². The summed E-state index contributed by atoms with van der Waals surface area (Å²) < 4.78 is 0. The number of hydrogen-bond donors (Lipinski definition) is 1. The van der Waals surface area contributed by atoms with Crippen molar-refractivity contribution in [1.29, 1.82) is 0 Å². The third-order valence-corrected chi connectivity index (χ3v) is 3.66. The minimum Gasteiger partial charge on any atom is -0.313 e. The second-order valence-electron chi connectivity index (χ2n) is 4.02. The molecule has 0 aliphatic rings. The molecule has 1 aromatic carbocycles. The SMILES string of the molecule is CNC(Cc1ccccc1)c1csc(C)c1. The lowest BCUT2D eigenvalue weighted by Crippen LogP contribution is -2.18. The molecule has 1 unspecified atom stereocenters. The molecule has 0 aliphatic heterocycles. The average Bonchev–Trinajstić information content (AvgIpc) is 2.74. The summed E-state index contributed by atoms with van der Waals surface area (Å²) in [5.41, 5.74) is 2.78. The van der Waals surface area contributed by atoms with Gasteiger partial charge in [0.1, 0.15) is 0 Å². The average molecular weight is 231 g/mol. The maximum absolute atomic E-state index is 3.39. The monoisotopic (exact) mass is 231 g/mol. The first-order chi connectivity index (χ1) is 7.79. The first-order valence-corrected chi connectivity index (χ1v) is 6.44. The fraction of sp³-hybridized carbons (Fsp3) is 0.286. The first kappa shape index (κ1) is 11.4. The van der Waals surface area contributed by atoms with Crippen LogP contribution in [-0.2, 0) is 6.42 Å². The smallest absolute Gasteiger partial charge is 0.0366 e. The van der Waals surface area contributed by atoms with E-state index in [-0.39, 0.29) is 0 Å². The fourth-order valence-corrected chi connectivity index (χ4v) is 2.64. The van der Waals surface area contributed by atoms with Crippen molar-refractivity contribution in [2.75, 3.05) is 7.05 Å². The highest BCUT2D eigenvalue weighted by molar-refractivity contribution is 7.10. The summed E-state index contributed by atoms with van der Waals surface area (Å²) in [4.78, 5) is 1.38. The van der Waals surface area contributed by atoms with E-state index >= 15 is 0 Å². The molecule has 0 bridgehead atoms. The molecule has 0 saturated heterocycles. The van der Waals surface area contributed by atoms with Crippen LogP contribution in [0.15, 0.2) is 41.8 Å². The molecule has 16 heavy (non-hydrogen) atoms. The van der Waals surface area contributed by atoms with Crippen LogP contribution in [-0.4, -0.2) is 7.05 Å². The van der Waals surface area contributed by atoms with Crippen LogP contribution >= 0.6 is 11.3 Å². The van der Waals surface area contributed by atoms with Crippen molar-refractivity contribution in [2.45, 2.75) is 19.4 Å². The Labute approximate surface area is 101 Å². The molecule has 1 atom stereocenters. The number of hydrogen-bond acceptors (Lipinski definition) is 2. The molecule has 84 valence electrons. The number of nitrogens with one attached hydrogen (secondary N) is 1. The normalized spacial score (nSPS) is 12.6. The van der Waals surface area contributed by atoms with E-state index in [1.165, 1.54) is 16.0 Å². The molecule has 0 spiro atoms. The van der Waals surface area contributed by atoms with Gasteiger partial charge in [0.25, 0.3) is 0 Å². The van der Waals surface area contributed by atoms with E-state index in [4.69, 9.17) is 0 Å². The highest BCUT2D eigenvalue weighted by atomic mass is 32.1. The first-order valence-electron chi connectivity index (χ1n) is 5.56. The van der Waals surface area contributed by atoms with Crippen LogP contribution < -0.4 is 5.32 Å². The van der Waals surface area contributed by atoms with Crippen LogP contribution in [0.25, 0.3) is 0 Å². The summed E-state index contributed by atoms with van der Waals surface area (Å²) in [7, 11) is 2.03. The lowest BCUT2D eigenvalue weighted by Gasteiger charge is -2.14. The van der Waals surface area contributed by atoms with Gasteiger partial charge >= 0.3 is 0 Å². The Morgan fingerprint density at radius 3 is 2.56 bits per heavy atom. The molecule has 0 radical (unpaired) electrons. The van der Waals surface area contributed by atoms with Gasteiger partial charge in [-0.1, -0.05) is 30.3 Å². The van der Waals surface area contributed by atoms with Crippen molar-refractivity contribution < 1.29 is 0 Å². The Kier molecular flexibility index (Phi) is 3.75. The largest absolute Gasteiger partial charge is 0.313 e. The van der Waals surface area contributed by atoms with Gasteiger partial charge in [0.15, 0.2) is 0 Å². The number of benzene rings is 1. The quantitative estimate of drug-likeness (QED) is 0.848. The molecule has 0 amide bonds. The van der Waals surface area contributed by atoms with Crippen LogP contribution in [0.4, 0.5) is 0 Å². The Balaban J connectivity index is 2.12. The van der Waals surface area contributed by atoms with Gasteiger partial charge in [0.2, 0.25) is 0 Å². The van der Waals surface area contributed by atoms with Crippen molar-refractivity contribution in [3.63, 3.8) is 0 Å². The van der Waals surface area contributed by atoms with Gasteiger partial charge in [0.05, 0.1) is 0 Å². The zero-order valence-corrected chi connectivity index (χ0v) is 10.6. The molecule has 1 nitrogen and oxygen atoms in total. The molecule has 1 aromatic heterocycles. The minimum absolute atomic E-state index is 0.423. The number of likely N-dealkylation sites (N-methyl/N-ethyl adjacent to an activating group) is 1. The number of thiophene rings is 1. The van der Waals surface area contributed by atoms with Crippen LogP contribution in [0, 0.1) is 6.92 Å². The van der Waals surface area contributed by atoms with Crippen molar-refractivity contribution >= 4 is 11.3 Å².